The van der Waals surface area contributed by atoms with E-state index in [0.29, 0.717) is 31.2 Å². The molecule has 0 aliphatic carbocycles. The highest BCUT2D eigenvalue weighted by atomic mass is 35.5. The number of carbonyl (C=O) groups excluding carboxylic acids is 3. The van der Waals surface area contributed by atoms with Gasteiger partial charge in [-0.15, -0.1) is 0 Å². The fraction of sp³-hybridized carbons (Fsp3) is 0.143. The Balaban J connectivity index is 1.35. The van der Waals surface area contributed by atoms with Crippen LogP contribution in [0.5, 0.6) is 5.75 Å². The number of ether oxygens (including phenoxy) is 1. The van der Waals surface area contributed by atoms with Crippen molar-refractivity contribution in [3.63, 3.8) is 0 Å². The van der Waals surface area contributed by atoms with E-state index in [-0.39, 0.29) is 21.3 Å². The van der Waals surface area contributed by atoms with Crippen LogP contribution in [-0.4, -0.2) is 34.6 Å². The second-order valence-electron chi connectivity index (χ2n) is 9.39. The van der Waals surface area contributed by atoms with Crippen molar-refractivity contribution in [2.45, 2.75) is 16.2 Å². The Kier molecular flexibility index (Phi) is 7.79. The Bertz CT molecular complexity index is 1810. The maximum absolute atomic E-state index is 13.9. The van der Waals surface area contributed by atoms with Gasteiger partial charge in [-0.25, -0.2) is 9.29 Å². The van der Waals surface area contributed by atoms with Gasteiger partial charge in [0.2, 0.25) is 11.8 Å². The van der Waals surface area contributed by atoms with Gasteiger partial charge in [-0.05, 0) is 60.7 Å². The number of imide groups is 1. The molecular formula is C28H17Cl3FN3O5S2. The van der Waals surface area contributed by atoms with E-state index in [2.05, 4.69) is 10.3 Å². The van der Waals surface area contributed by atoms with Gasteiger partial charge in [-0.1, -0.05) is 57.9 Å². The number of benzene rings is 3. The number of hydrogen-bond donors (Lipinski definition) is 2. The summed E-state index contributed by atoms with van der Waals surface area (Å²) in [6.45, 7) is -0.407. The fourth-order valence-corrected chi connectivity index (χ4v) is 7.99. The van der Waals surface area contributed by atoms with Gasteiger partial charge in [-0.3, -0.25) is 19.2 Å². The molecule has 14 heteroatoms. The predicted molar refractivity (Wildman–Crippen MR) is 161 cm³/mol. The molecule has 2 aliphatic heterocycles. The van der Waals surface area contributed by atoms with Crippen molar-refractivity contribution in [1.82, 2.24) is 4.98 Å². The third-order valence-electron chi connectivity index (χ3n) is 6.78. The van der Waals surface area contributed by atoms with Crippen molar-refractivity contribution in [1.29, 1.82) is 0 Å². The molecule has 1 fully saturated rings. The number of thiazole rings is 1. The summed E-state index contributed by atoms with van der Waals surface area (Å²) in [5, 5.41) is 3.19. The highest BCUT2D eigenvalue weighted by molar-refractivity contribution is 8.00. The summed E-state index contributed by atoms with van der Waals surface area (Å²) >= 11 is 20.4. The van der Waals surface area contributed by atoms with E-state index in [1.54, 1.807) is 30.3 Å². The molecule has 0 spiro atoms. The zero-order chi connectivity index (χ0) is 29.7. The molecule has 1 saturated heterocycles. The van der Waals surface area contributed by atoms with Crippen LogP contribution in [0, 0.1) is 11.7 Å². The Morgan fingerprint density at radius 1 is 0.976 bits per heavy atom. The molecular weight excluding hydrogens is 648 g/mol. The number of H-pyrrole nitrogens is 1. The van der Waals surface area contributed by atoms with Crippen LogP contribution in [0.2, 0.25) is 15.1 Å². The van der Waals surface area contributed by atoms with E-state index in [0.717, 1.165) is 28.0 Å². The Morgan fingerprint density at radius 2 is 1.74 bits per heavy atom. The quantitative estimate of drug-likeness (QED) is 0.233. The van der Waals surface area contributed by atoms with Gasteiger partial charge in [0, 0.05) is 27.1 Å². The molecule has 3 heterocycles. The minimum absolute atomic E-state index is 0.235. The van der Waals surface area contributed by atoms with Crippen LogP contribution < -0.4 is 19.8 Å². The number of aromatic nitrogens is 1. The number of nitrogens with one attached hydrogen (secondary N) is 2. The standard InChI is InChI=1S/C28H17Cl3FN3O5S2/c29-12-1-8-19(40-11-20(36)33-14-4-7-17(30)18(31)10-14)16(9-12)21-22-24(41-25-23(21)42-28(39)34-25)27(38)35(26(22)37)15-5-2-13(32)3-6-15/h1-10,21-22,24H,11H2,(H,33,36)(H,34,39)/t21-,22-,24+/m0/s1. The molecule has 0 unspecified atom stereocenters. The number of nitrogens with zero attached hydrogens (tertiary/aromatic N) is 1. The van der Waals surface area contributed by atoms with E-state index in [9.17, 15) is 23.6 Å². The molecule has 3 atom stereocenters. The number of thioether (sulfide) groups is 1. The molecule has 8 nitrogen and oxygen atoms in total. The van der Waals surface area contributed by atoms with Crippen LogP contribution in [0.25, 0.3) is 0 Å². The lowest BCUT2D eigenvalue weighted by Crippen LogP contribution is -2.32. The largest absolute Gasteiger partial charge is 0.483 e. The summed E-state index contributed by atoms with van der Waals surface area (Å²) in [7, 11) is 0. The fourth-order valence-electron chi connectivity index (χ4n) is 5.00. The van der Waals surface area contributed by atoms with Crippen molar-refractivity contribution in [3.05, 3.63) is 102 Å². The molecule has 1 aromatic heterocycles. The average molecular weight is 665 g/mol. The van der Waals surface area contributed by atoms with Crippen LogP contribution >= 0.6 is 57.9 Å². The lowest BCUT2D eigenvalue weighted by Gasteiger charge is -2.31. The van der Waals surface area contributed by atoms with E-state index in [1.807, 2.05) is 0 Å². The summed E-state index contributed by atoms with van der Waals surface area (Å²) in [6, 6.07) is 14.4. The maximum atomic E-state index is 13.9. The summed E-state index contributed by atoms with van der Waals surface area (Å²) < 4.78 is 19.5. The summed E-state index contributed by atoms with van der Waals surface area (Å²) in [5.41, 5.74) is 1.08. The maximum Gasteiger partial charge on any atom is 0.305 e. The number of fused-ring (bicyclic) bond motifs is 2. The van der Waals surface area contributed by atoms with Crippen molar-refractivity contribution in [2.24, 2.45) is 5.92 Å². The number of hydrogen-bond acceptors (Lipinski definition) is 7. The molecule has 42 heavy (non-hydrogen) atoms. The van der Waals surface area contributed by atoms with Crippen molar-refractivity contribution in [3.8, 4) is 5.75 Å². The smallest absolute Gasteiger partial charge is 0.305 e. The second kappa shape index (κ2) is 11.4. The minimum Gasteiger partial charge on any atom is -0.483 e. The normalized spacial score (nSPS) is 19.4. The zero-order valence-electron chi connectivity index (χ0n) is 21.0. The number of halogens is 4. The van der Waals surface area contributed by atoms with Gasteiger partial charge >= 0.3 is 4.87 Å². The number of rotatable bonds is 6. The second-order valence-corrected chi connectivity index (χ2v) is 12.8. The monoisotopic (exact) mass is 663 g/mol. The van der Waals surface area contributed by atoms with Crippen LogP contribution in [0.15, 0.2) is 70.5 Å². The van der Waals surface area contributed by atoms with Gasteiger partial charge in [0.25, 0.3) is 5.91 Å². The first-order chi connectivity index (χ1) is 20.1. The number of aromatic amines is 1. The number of anilines is 2. The molecule has 0 bridgehead atoms. The SMILES string of the molecule is O=C(COc1ccc(Cl)cc1[C@@H]1c2sc(=O)[nH]c2S[C@H]2C(=O)N(c3ccc(F)cc3)C(=O)[C@@H]12)Nc1ccc(Cl)c(Cl)c1. The van der Waals surface area contributed by atoms with Gasteiger partial charge in [0.05, 0.1) is 26.7 Å². The predicted octanol–water partition coefficient (Wildman–Crippen LogP) is 6.35. The van der Waals surface area contributed by atoms with Crippen molar-refractivity contribution >= 4 is 87.0 Å². The Morgan fingerprint density at radius 3 is 2.48 bits per heavy atom. The van der Waals surface area contributed by atoms with Crippen molar-refractivity contribution < 1.29 is 23.5 Å². The molecule has 0 radical (unpaired) electrons. The molecule has 214 valence electrons. The van der Waals surface area contributed by atoms with Gasteiger partial charge < -0.3 is 15.0 Å². The van der Waals surface area contributed by atoms with Gasteiger partial charge in [0.15, 0.2) is 6.61 Å². The Labute approximate surface area is 260 Å². The summed E-state index contributed by atoms with van der Waals surface area (Å²) in [5.74, 6) is -3.49. The third kappa shape index (κ3) is 5.31. The van der Waals surface area contributed by atoms with E-state index in [1.165, 1.54) is 30.3 Å². The van der Waals surface area contributed by atoms with Gasteiger partial charge in [-0.2, -0.15) is 0 Å². The molecule has 0 saturated carbocycles. The van der Waals surface area contributed by atoms with Crippen LogP contribution in [-0.2, 0) is 14.4 Å². The van der Waals surface area contributed by atoms with Crippen LogP contribution in [0.4, 0.5) is 15.8 Å². The molecule has 2 N–H and O–H groups in total. The number of carbonyl (C=O) groups is 3. The third-order valence-corrected chi connectivity index (χ3v) is 10.2. The first-order valence-electron chi connectivity index (χ1n) is 12.3. The molecule has 3 aromatic carbocycles. The minimum atomic E-state index is -0.933. The van der Waals surface area contributed by atoms with Crippen LogP contribution in [0.3, 0.4) is 0 Å². The first kappa shape index (κ1) is 28.8. The van der Waals surface area contributed by atoms with Gasteiger partial charge in [0.1, 0.15) is 16.8 Å². The highest BCUT2D eigenvalue weighted by Crippen LogP contribution is 2.54. The summed E-state index contributed by atoms with van der Waals surface area (Å²) in [4.78, 5) is 56.6. The molecule has 3 amide bonds. The number of amides is 3. The zero-order valence-corrected chi connectivity index (χ0v) is 24.9. The van der Waals surface area contributed by atoms with Crippen LogP contribution in [0.1, 0.15) is 16.4 Å². The molecule has 4 aromatic rings. The van der Waals surface area contributed by atoms with E-state index < -0.39 is 47.2 Å². The molecule has 2 aliphatic rings. The average Bonchev–Trinajstić information content (AvgIpc) is 3.44. The van der Waals surface area contributed by atoms with E-state index >= 15 is 0 Å². The van der Waals surface area contributed by atoms with E-state index in [4.69, 9.17) is 39.5 Å². The highest BCUT2D eigenvalue weighted by Gasteiger charge is 2.56. The van der Waals surface area contributed by atoms with Crippen molar-refractivity contribution in [2.75, 3.05) is 16.8 Å². The Hall–Kier alpha value is -3.35. The summed E-state index contributed by atoms with van der Waals surface area (Å²) in [6.07, 6.45) is 0. The lowest BCUT2D eigenvalue weighted by atomic mass is 9.82. The molecule has 6 rings (SSSR count). The topological polar surface area (TPSA) is 109 Å². The first-order valence-corrected chi connectivity index (χ1v) is 15.1. The lowest BCUT2D eigenvalue weighted by molar-refractivity contribution is -0.122.